The molecule has 1 aliphatic heterocycles. The Morgan fingerprint density at radius 1 is 1.17 bits per heavy atom. The van der Waals surface area contributed by atoms with Crippen molar-refractivity contribution >= 4 is 5.96 Å². The molecule has 3 rings (SSSR count). The molecule has 0 radical (unpaired) electrons. The molecule has 18 heavy (non-hydrogen) atoms. The molecule has 1 aromatic rings. The van der Waals surface area contributed by atoms with Crippen molar-refractivity contribution in [2.45, 2.75) is 37.8 Å². The highest BCUT2D eigenvalue weighted by Gasteiger charge is 2.34. The molecular weight excluding hydrogens is 226 g/mol. The summed E-state index contributed by atoms with van der Waals surface area (Å²) in [5.74, 6) is 0.984. The van der Waals surface area contributed by atoms with Crippen molar-refractivity contribution in [1.82, 2.24) is 4.90 Å². The third kappa shape index (κ3) is 1.92. The molecule has 4 heteroatoms. The fourth-order valence-electron chi connectivity index (χ4n) is 3.10. The van der Waals surface area contributed by atoms with E-state index in [-0.39, 0.29) is 6.04 Å². The Labute approximate surface area is 107 Å². The lowest BCUT2D eigenvalue weighted by Crippen LogP contribution is -2.42. The number of hydrogen-bond acceptors (Lipinski definition) is 4. The molecule has 1 atom stereocenters. The SMILES string of the molecule is NC1=NCC(c2ccc(O)cc2)N1C1CCCC1. The minimum absolute atomic E-state index is 0.244. The molecule has 4 nitrogen and oxygen atoms in total. The number of nitrogens with zero attached hydrogens (tertiary/aromatic N) is 2. The van der Waals surface area contributed by atoms with Gasteiger partial charge in [0.25, 0.3) is 0 Å². The molecule has 1 fully saturated rings. The van der Waals surface area contributed by atoms with E-state index in [0.717, 1.165) is 6.54 Å². The lowest BCUT2D eigenvalue weighted by molar-refractivity contribution is 0.262. The Balaban J connectivity index is 1.85. The second-order valence-corrected chi connectivity index (χ2v) is 5.15. The summed E-state index contributed by atoms with van der Waals surface area (Å²) < 4.78 is 0. The molecule has 1 unspecified atom stereocenters. The van der Waals surface area contributed by atoms with E-state index in [9.17, 15) is 5.11 Å². The molecular formula is C14H19N3O. The standard InChI is InChI=1S/C14H19N3O/c15-14-16-9-13(10-5-7-12(18)8-6-10)17(14)11-3-1-2-4-11/h5-8,11,13,18H,1-4,9H2,(H2,15,16). The monoisotopic (exact) mass is 245 g/mol. The fourth-order valence-corrected chi connectivity index (χ4v) is 3.10. The van der Waals surface area contributed by atoms with Crippen LogP contribution in [0.1, 0.15) is 37.3 Å². The molecule has 3 N–H and O–H groups in total. The van der Waals surface area contributed by atoms with Crippen molar-refractivity contribution < 1.29 is 5.11 Å². The van der Waals surface area contributed by atoms with Crippen molar-refractivity contribution in [2.24, 2.45) is 10.7 Å². The summed E-state index contributed by atoms with van der Waals surface area (Å²) in [7, 11) is 0. The van der Waals surface area contributed by atoms with Crippen LogP contribution in [0.2, 0.25) is 0 Å². The van der Waals surface area contributed by atoms with Crippen LogP contribution in [0, 0.1) is 0 Å². The van der Waals surface area contributed by atoms with Gasteiger partial charge in [-0.2, -0.15) is 0 Å². The van der Waals surface area contributed by atoms with E-state index in [0.29, 0.717) is 17.8 Å². The van der Waals surface area contributed by atoms with Crippen molar-refractivity contribution in [3.8, 4) is 5.75 Å². The number of phenolic OH excluding ortho intramolecular Hbond substituents is 1. The van der Waals surface area contributed by atoms with Gasteiger partial charge in [0.1, 0.15) is 5.75 Å². The van der Waals surface area contributed by atoms with E-state index in [1.807, 2.05) is 12.1 Å². The third-order valence-corrected chi connectivity index (χ3v) is 4.02. The predicted octanol–water partition coefficient (Wildman–Crippen LogP) is 2.01. The van der Waals surface area contributed by atoms with Crippen LogP contribution >= 0.6 is 0 Å². The minimum atomic E-state index is 0.244. The van der Waals surface area contributed by atoms with Gasteiger partial charge in [-0.05, 0) is 30.5 Å². The maximum Gasteiger partial charge on any atom is 0.192 e. The van der Waals surface area contributed by atoms with E-state index < -0.39 is 0 Å². The smallest absolute Gasteiger partial charge is 0.192 e. The summed E-state index contributed by atoms with van der Waals surface area (Å²) in [4.78, 5) is 6.68. The molecule has 1 aliphatic carbocycles. The van der Waals surface area contributed by atoms with Gasteiger partial charge in [0.05, 0.1) is 12.6 Å². The van der Waals surface area contributed by atoms with Crippen molar-refractivity contribution in [3.05, 3.63) is 29.8 Å². The zero-order valence-electron chi connectivity index (χ0n) is 10.4. The molecule has 0 spiro atoms. The molecule has 1 saturated carbocycles. The third-order valence-electron chi connectivity index (χ3n) is 4.02. The molecule has 1 heterocycles. The van der Waals surface area contributed by atoms with Crippen LogP contribution in [0.3, 0.4) is 0 Å². The average Bonchev–Trinajstić information content (AvgIpc) is 2.99. The van der Waals surface area contributed by atoms with E-state index in [1.54, 1.807) is 12.1 Å². The highest BCUT2D eigenvalue weighted by Crippen LogP contribution is 2.34. The molecule has 0 saturated heterocycles. The Hall–Kier alpha value is -1.71. The first kappa shape index (κ1) is 11.4. The van der Waals surface area contributed by atoms with Gasteiger partial charge in [-0.15, -0.1) is 0 Å². The number of nitrogens with two attached hydrogens (primary N) is 1. The van der Waals surface area contributed by atoms with E-state index in [1.165, 1.54) is 31.2 Å². The summed E-state index contributed by atoms with van der Waals surface area (Å²) in [5, 5.41) is 9.36. The van der Waals surface area contributed by atoms with Crippen LogP contribution < -0.4 is 5.73 Å². The molecule has 1 aromatic carbocycles. The summed E-state index contributed by atoms with van der Waals surface area (Å²) in [6.45, 7) is 0.729. The first-order valence-corrected chi connectivity index (χ1v) is 6.63. The minimum Gasteiger partial charge on any atom is -0.508 e. The Bertz CT molecular complexity index is 449. The van der Waals surface area contributed by atoms with Crippen molar-refractivity contribution in [2.75, 3.05) is 6.54 Å². The highest BCUT2D eigenvalue weighted by atomic mass is 16.3. The van der Waals surface area contributed by atoms with E-state index in [2.05, 4.69) is 9.89 Å². The van der Waals surface area contributed by atoms with Gasteiger partial charge in [0.2, 0.25) is 0 Å². The maximum atomic E-state index is 9.36. The lowest BCUT2D eigenvalue weighted by atomic mass is 10.0. The number of guanidine groups is 1. The largest absolute Gasteiger partial charge is 0.508 e. The van der Waals surface area contributed by atoms with Crippen LogP contribution in [0.15, 0.2) is 29.3 Å². The van der Waals surface area contributed by atoms with Crippen molar-refractivity contribution in [1.29, 1.82) is 0 Å². The van der Waals surface area contributed by atoms with Gasteiger partial charge < -0.3 is 15.7 Å². The Kier molecular flexibility index (Phi) is 2.86. The zero-order chi connectivity index (χ0) is 12.5. The number of aromatic hydroxyl groups is 1. The molecule has 0 bridgehead atoms. The number of aliphatic imine (C=N–C) groups is 1. The highest BCUT2D eigenvalue weighted by molar-refractivity contribution is 5.80. The van der Waals surface area contributed by atoms with Crippen LogP contribution in [0.5, 0.6) is 5.75 Å². The Morgan fingerprint density at radius 2 is 1.83 bits per heavy atom. The van der Waals surface area contributed by atoms with Gasteiger partial charge in [-0.1, -0.05) is 25.0 Å². The van der Waals surface area contributed by atoms with Crippen LogP contribution in [0.25, 0.3) is 0 Å². The van der Waals surface area contributed by atoms with Gasteiger partial charge in [-0.25, -0.2) is 0 Å². The zero-order valence-corrected chi connectivity index (χ0v) is 10.4. The molecule has 96 valence electrons. The topological polar surface area (TPSA) is 61.9 Å². The lowest BCUT2D eigenvalue weighted by Gasteiger charge is -2.32. The Morgan fingerprint density at radius 3 is 2.50 bits per heavy atom. The average molecular weight is 245 g/mol. The van der Waals surface area contributed by atoms with Crippen molar-refractivity contribution in [3.63, 3.8) is 0 Å². The van der Waals surface area contributed by atoms with Gasteiger partial charge in [0.15, 0.2) is 5.96 Å². The molecule has 0 amide bonds. The fraction of sp³-hybridized carbons (Fsp3) is 0.500. The number of rotatable bonds is 2. The van der Waals surface area contributed by atoms with Gasteiger partial charge in [-0.3, -0.25) is 4.99 Å². The normalized spacial score (nSPS) is 24.6. The second-order valence-electron chi connectivity index (χ2n) is 5.15. The predicted molar refractivity (Wildman–Crippen MR) is 71.4 cm³/mol. The van der Waals surface area contributed by atoms with Crippen LogP contribution in [-0.4, -0.2) is 28.6 Å². The molecule has 2 aliphatic rings. The van der Waals surface area contributed by atoms with E-state index >= 15 is 0 Å². The number of hydrogen-bond donors (Lipinski definition) is 2. The summed E-state index contributed by atoms with van der Waals surface area (Å²) >= 11 is 0. The summed E-state index contributed by atoms with van der Waals surface area (Å²) in [6.07, 6.45) is 5.00. The van der Waals surface area contributed by atoms with Crippen LogP contribution in [-0.2, 0) is 0 Å². The first-order chi connectivity index (χ1) is 8.75. The number of phenols is 1. The van der Waals surface area contributed by atoms with Crippen LogP contribution in [0.4, 0.5) is 0 Å². The first-order valence-electron chi connectivity index (χ1n) is 6.63. The van der Waals surface area contributed by atoms with Gasteiger partial charge >= 0.3 is 0 Å². The second kappa shape index (κ2) is 4.52. The maximum absolute atomic E-state index is 9.36. The molecule has 0 aromatic heterocycles. The summed E-state index contributed by atoms with van der Waals surface area (Å²) in [5.41, 5.74) is 7.23. The van der Waals surface area contributed by atoms with Gasteiger partial charge in [0, 0.05) is 6.04 Å². The van der Waals surface area contributed by atoms with E-state index in [4.69, 9.17) is 5.73 Å². The quantitative estimate of drug-likeness (QED) is 0.837. The summed E-state index contributed by atoms with van der Waals surface area (Å²) in [6, 6.07) is 8.18. The number of benzene rings is 1.